The fourth-order valence-electron chi connectivity index (χ4n) is 0.356. The van der Waals surface area contributed by atoms with Crippen LogP contribution < -0.4 is 0 Å². The van der Waals surface area contributed by atoms with Crippen molar-refractivity contribution in [3.63, 3.8) is 0 Å². The molecule has 4 N–H and O–H groups in total. The van der Waals surface area contributed by atoms with Crippen molar-refractivity contribution in [3.05, 3.63) is 0 Å². The van der Waals surface area contributed by atoms with E-state index in [1.165, 1.54) is 0 Å². The zero-order valence-electron chi connectivity index (χ0n) is 11.9. The Balaban J connectivity index is -0.000000205. The van der Waals surface area contributed by atoms with E-state index < -0.39 is 6.10 Å². The van der Waals surface area contributed by atoms with Crippen molar-refractivity contribution in [1.82, 2.24) is 0 Å². The first-order valence-electron chi connectivity index (χ1n) is 5.90. The minimum absolute atomic E-state index is 0.117. The zero-order valence-corrected chi connectivity index (χ0v) is 11.9. The first-order chi connectivity index (χ1) is 7.63. The Labute approximate surface area is 105 Å². The largest absolute Gasteiger partial charge is 0.394 e. The average molecular weight is 254 g/mol. The summed E-state index contributed by atoms with van der Waals surface area (Å²) in [5, 5.41) is 33.2. The normalized spacial score (nSPS) is 11.8. The van der Waals surface area contributed by atoms with Crippen LogP contribution >= 0.6 is 0 Å². The van der Waals surface area contributed by atoms with Crippen molar-refractivity contribution in [2.24, 2.45) is 0 Å². The fourth-order valence-corrected chi connectivity index (χ4v) is 0.356. The van der Waals surface area contributed by atoms with E-state index >= 15 is 0 Å². The molecule has 0 radical (unpaired) electrons. The van der Waals surface area contributed by atoms with Gasteiger partial charge in [-0.25, -0.2) is 0 Å². The van der Waals surface area contributed by atoms with E-state index in [1.54, 1.807) is 27.7 Å². The minimum Gasteiger partial charge on any atom is -0.394 e. The molecule has 0 heterocycles. The van der Waals surface area contributed by atoms with Crippen molar-refractivity contribution >= 4 is 0 Å². The van der Waals surface area contributed by atoms with Gasteiger partial charge in [-0.2, -0.15) is 0 Å². The second kappa shape index (κ2) is 15.8. The Morgan fingerprint density at radius 3 is 1.29 bits per heavy atom. The molecule has 0 fully saturated rings. The van der Waals surface area contributed by atoms with Gasteiger partial charge < -0.3 is 25.2 Å². The van der Waals surface area contributed by atoms with E-state index in [0.717, 1.165) is 0 Å². The number of aliphatic hydroxyl groups excluding tert-OH is 4. The molecule has 5 heteroatoms. The van der Waals surface area contributed by atoms with Crippen LogP contribution in [0.15, 0.2) is 0 Å². The predicted molar refractivity (Wildman–Crippen MR) is 68.9 cm³/mol. The Morgan fingerprint density at radius 1 is 0.824 bits per heavy atom. The standard InChI is InChI=1S/C6H14O3.2C3H8O/c1-5(2)9-4-6(8)3-7;2*1-3(2)4/h5-8H,3-4H2,1-2H3;2*3-4H,1-2H3. The highest BCUT2D eigenvalue weighted by Gasteiger charge is 2.01. The molecule has 0 aromatic heterocycles. The molecule has 0 saturated heterocycles. The summed E-state index contributed by atoms with van der Waals surface area (Å²) in [4.78, 5) is 0. The van der Waals surface area contributed by atoms with Crippen LogP contribution in [0.5, 0.6) is 0 Å². The lowest BCUT2D eigenvalue weighted by Crippen LogP contribution is -2.21. The summed E-state index contributed by atoms with van der Waals surface area (Å²) in [7, 11) is 0. The molecule has 0 aliphatic rings. The van der Waals surface area contributed by atoms with Crippen LogP contribution in [-0.2, 0) is 4.74 Å². The quantitative estimate of drug-likeness (QED) is 0.588. The Bertz CT molecular complexity index is 115. The summed E-state index contributed by atoms with van der Waals surface area (Å²) >= 11 is 0. The van der Waals surface area contributed by atoms with Crippen LogP contribution in [0.1, 0.15) is 41.5 Å². The highest BCUT2D eigenvalue weighted by atomic mass is 16.5. The van der Waals surface area contributed by atoms with Crippen molar-refractivity contribution in [2.75, 3.05) is 13.2 Å². The molecule has 0 spiro atoms. The van der Waals surface area contributed by atoms with Gasteiger partial charge in [-0.1, -0.05) is 0 Å². The zero-order chi connectivity index (χ0) is 14.4. The van der Waals surface area contributed by atoms with E-state index in [2.05, 4.69) is 0 Å². The molecular weight excluding hydrogens is 224 g/mol. The van der Waals surface area contributed by atoms with Crippen LogP contribution in [0.25, 0.3) is 0 Å². The number of aliphatic hydroxyl groups is 4. The van der Waals surface area contributed by atoms with Gasteiger partial charge in [0.25, 0.3) is 0 Å². The third-order valence-electron chi connectivity index (χ3n) is 0.833. The van der Waals surface area contributed by atoms with Crippen LogP contribution in [0.4, 0.5) is 0 Å². The highest BCUT2D eigenvalue weighted by Crippen LogP contribution is 1.89. The van der Waals surface area contributed by atoms with E-state index in [-0.39, 0.29) is 31.5 Å². The Hall–Kier alpha value is -0.200. The van der Waals surface area contributed by atoms with Gasteiger partial charge in [0.15, 0.2) is 0 Å². The number of hydrogen-bond acceptors (Lipinski definition) is 5. The van der Waals surface area contributed by atoms with Gasteiger partial charge in [0.1, 0.15) is 6.10 Å². The topological polar surface area (TPSA) is 90.2 Å². The fraction of sp³-hybridized carbons (Fsp3) is 1.00. The van der Waals surface area contributed by atoms with Gasteiger partial charge in [0, 0.05) is 12.2 Å². The van der Waals surface area contributed by atoms with E-state index in [1.807, 2.05) is 13.8 Å². The second-order valence-electron chi connectivity index (χ2n) is 4.41. The number of hydrogen-bond donors (Lipinski definition) is 4. The molecule has 1 atom stereocenters. The molecule has 0 bridgehead atoms. The maximum atomic E-state index is 8.73. The maximum Gasteiger partial charge on any atom is 0.100 e. The van der Waals surface area contributed by atoms with Crippen molar-refractivity contribution in [1.29, 1.82) is 0 Å². The number of ether oxygens (including phenoxy) is 1. The monoisotopic (exact) mass is 254 g/mol. The first kappa shape index (κ1) is 22.0. The van der Waals surface area contributed by atoms with Gasteiger partial charge >= 0.3 is 0 Å². The Morgan fingerprint density at radius 2 is 1.12 bits per heavy atom. The van der Waals surface area contributed by atoms with Gasteiger partial charge in [-0.3, -0.25) is 0 Å². The molecule has 0 aliphatic heterocycles. The summed E-state index contributed by atoms with van der Waals surface area (Å²) in [5.41, 5.74) is 0. The smallest absolute Gasteiger partial charge is 0.100 e. The molecule has 0 amide bonds. The van der Waals surface area contributed by atoms with E-state index in [4.69, 9.17) is 25.2 Å². The molecule has 108 valence electrons. The van der Waals surface area contributed by atoms with E-state index in [9.17, 15) is 0 Å². The molecule has 17 heavy (non-hydrogen) atoms. The maximum absolute atomic E-state index is 8.73. The molecule has 0 aliphatic carbocycles. The van der Waals surface area contributed by atoms with Gasteiger partial charge in [-0.15, -0.1) is 0 Å². The predicted octanol–water partition coefficient (Wildman–Crippen LogP) is 0.539. The van der Waals surface area contributed by atoms with Crippen LogP contribution in [0, 0.1) is 0 Å². The molecule has 0 rings (SSSR count). The number of rotatable bonds is 4. The lowest BCUT2D eigenvalue weighted by molar-refractivity contribution is -0.0167. The summed E-state index contributed by atoms with van der Waals surface area (Å²) in [6.45, 7) is 10.6. The third kappa shape index (κ3) is 65.1. The van der Waals surface area contributed by atoms with Gasteiger partial charge in [-0.05, 0) is 41.5 Å². The van der Waals surface area contributed by atoms with Crippen LogP contribution in [0.3, 0.4) is 0 Å². The van der Waals surface area contributed by atoms with Crippen molar-refractivity contribution in [2.45, 2.75) is 66.0 Å². The lowest BCUT2D eigenvalue weighted by atomic mass is 10.4. The van der Waals surface area contributed by atoms with Gasteiger partial charge in [0.05, 0.1) is 19.3 Å². The van der Waals surface area contributed by atoms with Crippen molar-refractivity contribution < 1.29 is 25.2 Å². The highest BCUT2D eigenvalue weighted by molar-refractivity contribution is 4.49. The minimum atomic E-state index is -0.729. The van der Waals surface area contributed by atoms with Crippen LogP contribution in [0.2, 0.25) is 0 Å². The Kier molecular flexibility index (Phi) is 20.5. The summed E-state index contributed by atoms with van der Waals surface area (Å²) in [6, 6.07) is 0. The SMILES string of the molecule is CC(C)O.CC(C)O.CC(C)OCC(O)CO. The molecule has 1 unspecified atom stereocenters. The lowest BCUT2D eigenvalue weighted by Gasteiger charge is -2.10. The molecule has 0 saturated carbocycles. The van der Waals surface area contributed by atoms with Crippen molar-refractivity contribution in [3.8, 4) is 0 Å². The second-order valence-corrected chi connectivity index (χ2v) is 4.41. The van der Waals surface area contributed by atoms with Crippen LogP contribution in [-0.4, -0.2) is 58.1 Å². The van der Waals surface area contributed by atoms with E-state index in [0.29, 0.717) is 0 Å². The molecular formula is C12H30O5. The summed E-state index contributed by atoms with van der Waals surface area (Å²) in [5.74, 6) is 0. The summed E-state index contributed by atoms with van der Waals surface area (Å²) < 4.78 is 4.98. The average Bonchev–Trinajstić information content (AvgIpc) is 2.12. The van der Waals surface area contributed by atoms with Gasteiger partial charge in [0.2, 0.25) is 0 Å². The molecule has 0 aromatic carbocycles. The molecule has 5 nitrogen and oxygen atoms in total. The first-order valence-corrected chi connectivity index (χ1v) is 5.90. The molecule has 0 aromatic rings. The summed E-state index contributed by atoms with van der Waals surface area (Å²) in [6.07, 6.45) is -0.946. The third-order valence-corrected chi connectivity index (χ3v) is 0.833.